The molecule has 0 aliphatic rings. The molecule has 3 N–H and O–H groups in total. The van der Waals surface area contributed by atoms with E-state index in [4.69, 9.17) is 5.73 Å². The van der Waals surface area contributed by atoms with Crippen molar-refractivity contribution in [1.82, 2.24) is 4.90 Å². The predicted molar refractivity (Wildman–Crippen MR) is 84.4 cm³/mol. The molecule has 0 aromatic heterocycles. The Labute approximate surface area is 122 Å². The number of hydrogen-bond acceptors (Lipinski definition) is 3. The van der Waals surface area contributed by atoms with E-state index in [-0.39, 0.29) is 5.82 Å². The molecular weight excluding hydrogens is 344 g/mol. The van der Waals surface area contributed by atoms with Gasteiger partial charge in [-0.15, -0.1) is 0 Å². The van der Waals surface area contributed by atoms with Gasteiger partial charge in [0.15, 0.2) is 0 Å². The molecule has 0 amide bonds. The number of benzene rings is 1. The van der Waals surface area contributed by atoms with E-state index in [0.29, 0.717) is 14.9 Å². The molecule has 0 radical (unpaired) electrons. The number of nitrogen functional groups attached to an aromatic ring is 1. The van der Waals surface area contributed by atoms with Gasteiger partial charge >= 0.3 is 0 Å². The Bertz CT molecular complexity index is 385. The number of rotatable bonds is 7. The Kier molecular flexibility index (Phi) is 6.70. The number of likely N-dealkylation sites (N-methyl/N-ethyl adjacent to an activating group) is 1. The molecule has 1 rings (SSSR count). The molecule has 3 nitrogen and oxygen atoms in total. The summed E-state index contributed by atoms with van der Waals surface area (Å²) in [6, 6.07) is 3.12. The Hall–Kier alpha value is -0.560. The van der Waals surface area contributed by atoms with Gasteiger partial charge in [-0.1, -0.05) is 13.8 Å². The van der Waals surface area contributed by atoms with E-state index < -0.39 is 0 Å². The van der Waals surface area contributed by atoms with Gasteiger partial charge in [-0.3, -0.25) is 0 Å². The molecule has 0 spiro atoms. The van der Waals surface area contributed by atoms with Gasteiger partial charge in [0, 0.05) is 19.2 Å². The Morgan fingerprint density at radius 1 is 1.33 bits per heavy atom. The van der Waals surface area contributed by atoms with Crippen molar-refractivity contribution in [3.63, 3.8) is 0 Å². The van der Waals surface area contributed by atoms with Crippen molar-refractivity contribution in [2.24, 2.45) is 0 Å². The van der Waals surface area contributed by atoms with Crippen LogP contribution in [0.25, 0.3) is 0 Å². The second kappa shape index (κ2) is 7.78. The van der Waals surface area contributed by atoms with E-state index >= 15 is 0 Å². The molecule has 0 saturated carbocycles. The zero-order valence-corrected chi connectivity index (χ0v) is 13.1. The van der Waals surface area contributed by atoms with Crippen molar-refractivity contribution in [2.75, 3.05) is 37.2 Å². The minimum Gasteiger partial charge on any atom is -0.397 e. The summed E-state index contributed by atoms with van der Waals surface area (Å²) in [5, 5.41) is 3.19. The summed E-state index contributed by atoms with van der Waals surface area (Å²) in [5.41, 5.74) is 7.13. The largest absolute Gasteiger partial charge is 0.397 e. The van der Waals surface area contributed by atoms with Crippen molar-refractivity contribution < 1.29 is 4.39 Å². The van der Waals surface area contributed by atoms with Gasteiger partial charge in [0.1, 0.15) is 5.82 Å². The molecule has 0 bridgehead atoms. The maximum atomic E-state index is 13.4. The maximum absolute atomic E-state index is 13.4. The molecule has 1 aromatic rings. The number of nitrogens with two attached hydrogens (primary N) is 1. The molecule has 1 aromatic carbocycles. The van der Waals surface area contributed by atoms with Crippen LogP contribution < -0.4 is 11.1 Å². The Morgan fingerprint density at radius 2 is 2.06 bits per heavy atom. The molecule has 18 heavy (non-hydrogen) atoms. The second-order valence-corrected chi connectivity index (χ2v) is 5.38. The van der Waals surface area contributed by atoms with Crippen molar-refractivity contribution >= 4 is 34.0 Å². The van der Waals surface area contributed by atoms with Gasteiger partial charge < -0.3 is 16.0 Å². The van der Waals surface area contributed by atoms with E-state index in [1.807, 2.05) is 22.6 Å². The van der Waals surface area contributed by atoms with Gasteiger partial charge in [0.25, 0.3) is 0 Å². The number of anilines is 2. The third kappa shape index (κ3) is 4.61. The summed E-state index contributed by atoms with van der Waals surface area (Å²) in [7, 11) is 0. The molecule has 0 atom stereocenters. The Morgan fingerprint density at radius 3 is 2.67 bits per heavy atom. The van der Waals surface area contributed by atoms with Gasteiger partial charge in [0.2, 0.25) is 0 Å². The van der Waals surface area contributed by atoms with Gasteiger partial charge in [0.05, 0.1) is 14.9 Å². The number of hydrogen-bond donors (Lipinski definition) is 2. The van der Waals surface area contributed by atoms with Crippen LogP contribution in [-0.2, 0) is 0 Å². The lowest BCUT2D eigenvalue weighted by atomic mass is 10.2. The monoisotopic (exact) mass is 365 g/mol. The van der Waals surface area contributed by atoms with E-state index in [1.165, 1.54) is 6.07 Å². The minimum absolute atomic E-state index is 0.229. The fourth-order valence-corrected chi connectivity index (χ4v) is 2.30. The summed E-state index contributed by atoms with van der Waals surface area (Å²) in [6.45, 7) is 8.16. The van der Waals surface area contributed by atoms with E-state index in [2.05, 4.69) is 24.1 Å². The van der Waals surface area contributed by atoms with Crippen molar-refractivity contribution in [1.29, 1.82) is 0 Å². The quantitative estimate of drug-likeness (QED) is 0.576. The average Bonchev–Trinajstić information content (AvgIpc) is 2.34. The first-order valence-corrected chi connectivity index (χ1v) is 7.37. The highest BCUT2D eigenvalue weighted by Gasteiger charge is 2.06. The van der Waals surface area contributed by atoms with Crippen LogP contribution in [0.15, 0.2) is 12.1 Å². The highest BCUT2D eigenvalue weighted by molar-refractivity contribution is 14.1. The third-order valence-electron chi connectivity index (χ3n) is 2.82. The second-order valence-electron chi connectivity index (χ2n) is 4.21. The van der Waals surface area contributed by atoms with Crippen molar-refractivity contribution in [3.8, 4) is 0 Å². The van der Waals surface area contributed by atoms with Gasteiger partial charge in [-0.2, -0.15) is 0 Å². The zero-order chi connectivity index (χ0) is 13.5. The number of nitrogens with one attached hydrogen (secondary N) is 1. The van der Waals surface area contributed by atoms with E-state index in [0.717, 1.165) is 32.6 Å². The van der Waals surface area contributed by atoms with Crippen LogP contribution in [0.1, 0.15) is 20.3 Å². The molecule has 0 unspecified atom stereocenters. The summed E-state index contributed by atoms with van der Waals surface area (Å²) in [4.78, 5) is 2.35. The summed E-state index contributed by atoms with van der Waals surface area (Å²) >= 11 is 1.94. The number of nitrogens with zero attached hydrogens (tertiary/aromatic N) is 1. The first kappa shape index (κ1) is 15.5. The molecule has 0 aliphatic heterocycles. The van der Waals surface area contributed by atoms with Gasteiger partial charge in [-0.25, -0.2) is 4.39 Å². The minimum atomic E-state index is -0.229. The van der Waals surface area contributed by atoms with Crippen LogP contribution in [0.2, 0.25) is 0 Å². The predicted octanol–water partition coefficient (Wildman–Crippen LogP) is 3.16. The lowest BCUT2D eigenvalue weighted by Crippen LogP contribution is -2.29. The van der Waals surface area contributed by atoms with Crippen molar-refractivity contribution in [2.45, 2.75) is 20.3 Å². The van der Waals surface area contributed by atoms with E-state index in [9.17, 15) is 4.39 Å². The molecule has 102 valence electrons. The van der Waals surface area contributed by atoms with E-state index in [1.54, 1.807) is 6.07 Å². The highest BCUT2D eigenvalue weighted by Crippen LogP contribution is 2.23. The van der Waals surface area contributed by atoms with Crippen LogP contribution >= 0.6 is 22.6 Å². The fraction of sp³-hybridized carbons (Fsp3) is 0.538. The molecule has 0 heterocycles. The standard InChI is InChI=1S/C13H21FIN3/c1-3-6-18(4-2)7-5-17-13-8-10(14)11(15)9-12(13)16/h8-9,17H,3-7,16H2,1-2H3. The summed E-state index contributed by atoms with van der Waals surface area (Å²) in [6.07, 6.45) is 1.15. The normalized spacial score (nSPS) is 10.9. The molecule has 5 heteroatoms. The topological polar surface area (TPSA) is 41.3 Å². The fourth-order valence-electron chi connectivity index (χ4n) is 1.81. The van der Waals surface area contributed by atoms with Crippen LogP contribution in [0.4, 0.5) is 15.8 Å². The van der Waals surface area contributed by atoms with Crippen LogP contribution in [0, 0.1) is 9.39 Å². The lowest BCUT2D eigenvalue weighted by molar-refractivity contribution is 0.300. The highest BCUT2D eigenvalue weighted by atomic mass is 127. The number of halogens is 2. The molecule has 0 aliphatic carbocycles. The zero-order valence-electron chi connectivity index (χ0n) is 11.0. The van der Waals surface area contributed by atoms with Crippen molar-refractivity contribution in [3.05, 3.63) is 21.5 Å². The van der Waals surface area contributed by atoms with Crippen LogP contribution in [-0.4, -0.2) is 31.1 Å². The molecule has 0 saturated heterocycles. The van der Waals surface area contributed by atoms with Crippen LogP contribution in [0.3, 0.4) is 0 Å². The molecule has 0 fully saturated rings. The SMILES string of the molecule is CCCN(CC)CCNc1cc(F)c(I)cc1N. The summed E-state index contributed by atoms with van der Waals surface area (Å²) in [5.74, 6) is -0.229. The third-order valence-corrected chi connectivity index (χ3v) is 3.65. The average molecular weight is 365 g/mol. The first-order valence-electron chi connectivity index (χ1n) is 6.29. The summed E-state index contributed by atoms with van der Waals surface area (Å²) < 4.78 is 14.0. The van der Waals surface area contributed by atoms with Crippen LogP contribution in [0.5, 0.6) is 0 Å². The Balaban J connectivity index is 2.51. The molecular formula is C13H21FIN3. The first-order chi connectivity index (χ1) is 8.58. The lowest BCUT2D eigenvalue weighted by Gasteiger charge is -2.20. The maximum Gasteiger partial charge on any atom is 0.138 e. The van der Waals surface area contributed by atoms with Gasteiger partial charge in [-0.05, 0) is 48.2 Å². The smallest absolute Gasteiger partial charge is 0.138 e.